The minimum atomic E-state index is -0.710. The van der Waals surface area contributed by atoms with Gasteiger partial charge in [0, 0.05) is 6.54 Å². The molecule has 98 valence electrons. The van der Waals surface area contributed by atoms with Crippen LogP contribution in [0.4, 0.5) is 0 Å². The van der Waals surface area contributed by atoms with Crippen molar-refractivity contribution in [3.05, 3.63) is 29.3 Å². The van der Waals surface area contributed by atoms with Crippen LogP contribution in [0.2, 0.25) is 0 Å². The second kappa shape index (κ2) is 5.40. The van der Waals surface area contributed by atoms with Crippen LogP contribution in [-0.4, -0.2) is 35.7 Å². The van der Waals surface area contributed by atoms with E-state index in [0.717, 1.165) is 36.3 Å². The molecule has 1 aliphatic rings. The summed E-state index contributed by atoms with van der Waals surface area (Å²) in [4.78, 5) is 13.1. The second-order valence-electron chi connectivity index (χ2n) is 4.77. The second-order valence-corrected chi connectivity index (χ2v) is 4.77. The smallest absolute Gasteiger partial charge is 0.320 e. The monoisotopic (exact) mass is 249 g/mol. The van der Waals surface area contributed by atoms with Gasteiger partial charge in [-0.3, -0.25) is 9.69 Å². The molecule has 1 atom stereocenters. The lowest BCUT2D eigenvalue weighted by molar-refractivity contribution is -0.142. The summed E-state index contributed by atoms with van der Waals surface area (Å²) < 4.78 is 5.22. The van der Waals surface area contributed by atoms with Crippen LogP contribution in [0.25, 0.3) is 0 Å². The zero-order valence-electron chi connectivity index (χ0n) is 10.8. The Morgan fingerprint density at radius 3 is 2.94 bits per heavy atom. The summed E-state index contributed by atoms with van der Waals surface area (Å²) in [5.74, 6) is 0.160. The van der Waals surface area contributed by atoms with Crippen LogP contribution in [0.3, 0.4) is 0 Å². The van der Waals surface area contributed by atoms with E-state index in [4.69, 9.17) is 9.84 Å². The summed E-state index contributed by atoms with van der Waals surface area (Å²) in [5, 5.41) is 9.14. The van der Waals surface area contributed by atoms with Gasteiger partial charge in [-0.15, -0.1) is 0 Å². The lowest BCUT2D eigenvalue weighted by atomic mass is 10.1. The van der Waals surface area contributed by atoms with Crippen molar-refractivity contribution in [3.63, 3.8) is 0 Å². The predicted octanol–water partition coefficient (Wildman–Crippen LogP) is 2.05. The SMILES string of the molecule is COc1ccc(CN2CCC[C@H]2C(=O)O)cc1C. The number of aliphatic carboxylic acids is 1. The molecule has 4 heteroatoms. The van der Waals surface area contributed by atoms with Gasteiger partial charge >= 0.3 is 5.97 Å². The number of benzene rings is 1. The van der Waals surface area contributed by atoms with E-state index in [1.807, 2.05) is 24.0 Å². The molecule has 0 unspecified atom stereocenters. The Morgan fingerprint density at radius 1 is 1.56 bits per heavy atom. The molecular formula is C14H19NO3. The van der Waals surface area contributed by atoms with Crippen LogP contribution >= 0.6 is 0 Å². The third kappa shape index (κ3) is 2.64. The van der Waals surface area contributed by atoms with Crippen molar-refractivity contribution in [2.45, 2.75) is 32.4 Å². The third-order valence-corrected chi connectivity index (χ3v) is 3.49. The van der Waals surface area contributed by atoms with Gasteiger partial charge in [-0.1, -0.05) is 12.1 Å². The molecule has 0 radical (unpaired) electrons. The predicted molar refractivity (Wildman–Crippen MR) is 68.8 cm³/mol. The van der Waals surface area contributed by atoms with Crippen molar-refractivity contribution >= 4 is 5.97 Å². The van der Waals surface area contributed by atoms with Gasteiger partial charge in [-0.05, 0) is 43.5 Å². The minimum Gasteiger partial charge on any atom is -0.496 e. The molecule has 0 aliphatic carbocycles. The van der Waals surface area contributed by atoms with Crippen molar-refractivity contribution in [1.29, 1.82) is 0 Å². The number of nitrogens with zero attached hydrogens (tertiary/aromatic N) is 1. The zero-order valence-corrected chi connectivity index (χ0v) is 10.8. The maximum absolute atomic E-state index is 11.1. The van der Waals surface area contributed by atoms with Crippen LogP contribution in [0.5, 0.6) is 5.75 Å². The van der Waals surface area contributed by atoms with Crippen LogP contribution in [0.1, 0.15) is 24.0 Å². The van der Waals surface area contributed by atoms with E-state index >= 15 is 0 Å². The number of hydrogen-bond acceptors (Lipinski definition) is 3. The summed E-state index contributed by atoms with van der Waals surface area (Å²) in [6.45, 7) is 3.56. The number of likely N-dealkylation sites (tertiary alicyclic amines) is 1. The highest BCUT2D eigenvalue weighted by molar-refractivity contribution is 5.73. The van der Waals surface area contributed by atoms with Crippen LogP contribution in [0, 0.1) is 6.92 Å². The van der Waals surface area contributed by atoms with Crippen LogP contribution in [-0.2, 0) is 11.3 Å². The minimum absolute atomic E-state index is 0.326. The van der Waals surface area contributed by atoms with E-state index in [1.165, 1.54) is 0 Å². The van der Waals surface area contributed by atoms with Gasteiger partial charge < -0.3 is 9.84 Å². The molecular weight excluding hydrogens is 230 g/mol. The number of carboxylic acid groups (broad SMARTS) is 1. The van der Waals surface area contributed by atoms with E-state index < -0.39 is 5.97 Å². The van der Waals surface area contributed by atoms with Crippen molar-refractivity contribution in [3.8, 4) is 5.75 Å². The lowest BCUT2D eigenvalue weighted by Crippen LogP contribution is -2.35. The number of carboxylic acids is 1. The van der Waals surface area contributed by atoms with E-state index in [0.29, 0.717) is 6.54 Å². The maximum atomic E-state index is 11.1. The molecule has 4 nitrogen and oxygen atoms in total. The van der Waals surface area contributed by atoms with Crippen molar-refractivity contribution in [2.75, 3.05) is 13.7 Å². The molecule has 0 bridgehead atoms. The lowest BCUT2D eigenvalue weighted by Gasteiger charge is -2.21. The van der Waals surface area contributed by atoms with E-state index in [9.17, 15) is 4.79 Å². The number of ether oxygens (including phenoxy) is 1. The molecule has 1 heterocycles. The Labute approximate surface area is 107 Å². The maximum Gasteiger partial charge on any atom is 0.320 e. The van der Waals surface area contributed by atoms with Gasteiger partial charge in [0.05, 0.1) is 7.11 Å². The zero-order chi connectivity index (χ0) is 13.1. The average molecular weight is 249 g/mol. The van der Waals surface area contributed by atoms with E-state index in [-0.39, 0.29) is 6.04 Å². The van der Waals surface area contributed by atoms with Crippen molar-refractivity contribution < 1.29 is 14.6 Å². The standard InChI is InChI=1S/C14H19NO3/c1-10-8-11(5-6-13(10)18-2)9-15-7-3-4-12(15)14(16)17/h5-6,8,12H,3-4,7,9H2,1-2H3,(H,16,17)/t12-/m0/s1. The first-order valence-corrected chi connectivity index (χ1v) is 6.22. The quantitative estimate of drug-likeness (QED) is 0.887. The van der Waals surface area contributed by atoms with Crippen molar-refractivity contribution in [1.82, 2.24) is 4.90 Å². The normalized spacial score (nSPS) is 20.0. The summed E-state index contributed by atoms with van der Waals surface area (Å²) in [6.07, 6.45) is 1.72. The Balaban J connectivity index is 2.09. The summed E-state index contributed by atoms with van der Waals surface area (Å²) >= 11 is 0. The van der Waals surface area contributed by atoms with E-state index in [2.05, 4.69) is 6.07 Å². The Hall–Kier alpha value is -1.55. The molecule has 1 N–H and O–H groups in total. The molecule has 2 rings (SSSR count). The van der Waals surface area contributed by atoms with Gasteiger partial charge in [0.2, 0.25) is 0 Å². The third-order valence-electron chi connectivity index (χ3n) is 3.49. The highest BCUT2D eigenvalue weighted by Gasteiger charge is 2.30. The number of rotatable bonds is 4. The molecule has 0 aromatic heterocycles. The Bertz CT molecular complexity index is 445. The highest BCUT2D eigenvalue weighted by Crippen LogP contribution is 2.23. The topological polar surface area (TPSA) is 49.8 Å². The molecule has 0 saturated carbocycles. The van der Waals surface area contributed by atoms with Crippen molar-refractivity contribution in [2.24, 2.45) is 0 Å². The first-order chi connectivity index (χ1) is 8.61. The molecule has 1 saturated heterocycles. The first-order valence-electron chi connectivity index (χ1n) is 6.22. The van der Waals surface area contributed by atoms with Gasteiger partial charge in [0.15, 0.2) is 0 Å². The molecule has 0 spiro atoms. The largest absolute Gasteiger partial charge is 0.496 e. The molecule has 0 amide bonds. The molecule has 1 fully saturated rings. The Morgan fingerprint density at radius 2 is 2.33 bits per heavy atom. The van der Waals surface area contributed by atoms with Gasteiger partial charge in [0.1, 0.15) is 11.8 Å². The number of carbonyl (C=O) groups is 1. The molecule has 1 aliphatic heterocycles. The molecule has 18 heavy (non-hydrogen) atoms. The number of methoxy groups -OCH3 is 1. The first kappa shape index (κ1) is 12.9. The van der Waals surface area contributed by atoms with Gasteiger partial charge in [-0.25, -0.2) is 0 Å². The highest BCUT2D eigenvalue weighted by atomic mass is 16.5. The molecule has 1 aromatic carbocycles. The fraction of sp³-hybridized carbons (Fsp3) is 0.500. The van der Waals surface area contributed by atoms with E-state index in [1.54, 1.807) is 7.11 Å². The molecule has 1 aromatic rings. The van der Waals surface area contributed by atoms with Gasteiger partial charge in [0.25, 0.3) is 0 Å². The summed E-state index contributed by atoms with van der Waals surface area (Å²) in [5.41, 5.74) is 2.22. The van der Waals surface area contributed by atoms with Crippen LogP contribution < -0.4 is 4.74 Å². The van der Waals surface area contributed by atoms with Crippen LogP contribution in [0.15, 0.2) is 18.2 Å². The Kier molecular flexibility index (Phi) is 3.87. The number of aryl methyl sites for hydroxylation is 1. The fourth-order valence-corrected chi connectivity index (χ4v) is 2.57. The fourth-order valence-electron chi connectivity index (χ4n) is 2.57. The summed E-state index contributed by atoms with van der Waals surface area (Å²) in [7, 11) is 1.66. The average Bonchev–Trinajstić information content (AvgIpc) is 2.77. The summed E-state index contributed by atoms with van der Waals surface area (Å²) in [6, 6.07) is 5.68. The number of hydrogen-bond donors (Lipinski definition) is 1. The van der Waals surface area contributed by atoms with Gasteiger partial charge in [-0.2, -0.15) is 0 Å².